The molecule has 1 atom stereocenters. The van der Waals surface area contributed by atoms with Crippen LogP contribution in [0.5, 0.6) is 0 Å². The van der Waals surface area contributed by atoms with Crippen molar-refractivity contribution in [1.82, 2.24) is 0 Å². The van der Waals surface area contributed by atoms with E-state index < -0.39 is 10.8 Å². The van der Waals surface area contributed by atoms with Gasteiger partial charge in [-0.25, -0.2) is 0 Å². The fraction of sp³-hybridized carbons (Fsp3) is 0.385. The Morgan fingerprint density at radius 3 is 2.83 bits per heavy atom. The molecule has 18 heavy (non-hydrogen) atoms. The van der Waals surface area contributed by atoms with E-state index in [0.717, 1.165) is 16.9 Å². The van der Waals surface area contributed by atoms with Crippen molar-refractivity contribution in [3.8, 4) is 6.07 Å². The third kappa shape index (κ3) is 3.41. The van der Waals surface area contributed by atoms with Gasteiger partial charge in [-0.05, 0) is 25.0 Å². The van der Waals surface area contributed by atoms with Crippen LogP contribution in [0.2, 0.25) is 0 Å². The van der Waals surface area contributed by atoms with Crippen molar-refractivity contribution in [2.24, 2.45) is 5.16 Å². The summed E-state index contributed by atoms with van der Waals surface area (Å²) in [5.74, 6) is 0.619. The molecular weight excluding hydrogens is 248 g/mol. The molecule has 0 aromatic heterocycles. The van der Waals surface area contributed by atoms with E-state index in [1.165, 1.54) is 7.11 Å². The summed E-state index contributed by atoms with van der Waals surface area (Å²) in [5, 5.41) is 12.6. The van der Waals surface area contributed by atoms with Crippen molar-refractivity contribution in [3.05, 3.63) is 29.3 Å². The highest BCUT2D eigenvalue weighted by atomic mass is 32.2. The topological polar surface area (TPSA) is 62.5 Å². The number of nitrogens with zero attached hydrogens (tertiary/aromatic N) is 2. The quantitative estimate of drug-likeness (QED) is 0.606. The summed E-state index contributed by atoms with van der Waals surface area (Å²) in [4.78, 5) is 5.37. The molecule has 1 rings (SSSR count). The standard InChI is InChI=1S/C13H16N2O2S/c1-4-7-18(16)13-8-11(6-5-10(13)2)12(9-14)15-17-3/h5-6,8H,4,7H2,1-3H3/b15-12+. The summed E-state index contributed by atoms with van der Waals surface area (Å²) in [6.45, 7) is 3.90. The van der Waals surface area contributed by atoms with Gasteiger partial charge in [-0.2, -0.15) is 5.26 Å². The number of hydrogen-bond acceptors (Lipinski definition) is 4. The van der Waals surface area contributed by atoms with Gasteiger partial charge in [0.05, 0.1) is 10.8 Å². The van der Waals surface area contributed by atoms with Crippen molar-refractivity contribution in [3.63, 3.8) is 0 Å². The molecule has 0 heterocycles. The van der Waals surface area contributed by atoms with Gasteiger partial charge in [-0.3, -0.25) is 4.21 Å². The minimum Gasteiger partial charge on any atom is -0.398 e. The molecule has 0 saturated carbocycles. The van der Waals surface area contributed by atoms with Gasteiger partial charge in [0.15, 0.2) is 5.71 Å². The van der Waals surface area contributed by atoms with Crippen LogP contribution in [0.25, 0.3) is 0 Å². The van der Waals surface area contributed by atoms with E-state index in [0.29, 0.717) is 11.3 Å². The molecule has 1 aromatic rings. The first-order valence-corrected chi connectivity index (χ1v) is 6.96. The van der Waals surface area contributed by atoms with Crippen LogP contribution in [0.4, 0.5) is 0 Å². The van der Waals surface area contributed by atoms with Gasteiger partial charge in [0, 0.05) is 16.2 Å². The molecule has 0 bridgehead atoms. The Morgan fingerprint density at radius 1 is 1.56 bits per heavy atom. The van der Waals surface area contributed by atoms with E-state index in [4.69, 9.17) is 5.26 Å². The summed E-state index contributed by atoms with van der Waals surface area (Å²) in [6.07, 6.45) is 0.855. The Balaban J connectivity index is 3.20. The minimum absolute atomic E-state index is 0.187. The van der Waals surface area contributed by atoms with Crippen LogP contribution in [-0.2, 0) is 15.6 Å². The van der Waals surface area contributed by atoms with Gasteiger partial charge >= 0.3 is 0 Å². The normalized spacial score (nSPS) is 12.9. The number of hydrogen-bond donors (Lipinski definition) is 0. The maximum absolute atomic E-state index is 12.0. The summed E-state index contributed by atoms with van der Waals surface area (Å²) in [6, 6.07) is 7.34. The van der Waals surface area contributed by atoms with Crippen LogP contribution >= 0.6 is 0 Å². The van der Waals surface area contributed by atoms with E-state index in [9.17, 15) is 4.21 Å². The zero-order valence-electron chi connectivity index (χ0n) is 10.8. The molecule has 1 aromatic carbocycles. The third-order valence-electron chi connectivity index (χ3n) is 2.38. The van der Waals surface area contributed by atoms with Gasteiger partial charge in [-0.15, -0.1) is 0 Å². The molecule has 0 aliphatic heterocycles. The maximum atomic E-state index is 12.0. The number of aryl methyl sites for hydroxylation is 1. The Morgan fingerprint density at radius 2 is 2.28 bits per heavy atom. The van der Waals surface area contributed by atoms with Crippen molar-refractivity contribution >= 4 is 16.5 Å². The second-order valence-electron chi connectivity index (χ2n) is 3.76. The Labute approximate surface area is 110 Å². The Hall–Kier alpha value is -1.67. The summed E-state index contributed by atoms with van der Waals surface area (Å²) < 4.78 is 12.0. The van der Waals surface area contributed by atoms with E-state index in [1.54, 1.807) is 12.1 Å². The van der Waals surface area contributed by atoms with Crippen LogP contribution in [0.15, 0.2) is 28.3 Å². The zero-order valence-corrected chi connectivity index (χ0v) is 11.6. The highest BCUT2D eigenvalue weighted by Crippen LogP contribution is 2.17. The molecule has 0 aliphatic rings. The Kier molecular flexibility index (Phi) is 5.53. The van der Waals surface area contributed by atoms with Crippen LogP contribution in [0.3, 0.4) is 0 Å². The lowest BCUT2D eigenvalue weighted by atomic mass is 10.1. The predicted octanol–water partition coefficient (Wildman–Crippen LogP) is 2.39. The molecule has 0 N–H and O–H groups in total. The molecule has 0 aliphatic carbocycles. The average molecular weight is 264 g/mol. The fourth-order valence-electron chi connectivity index (χ4n) is 1.52. The molecule has 0 saturated heterocycles. The summed E-state index contributed by atoms with van der Waals surface area (Å²) in [7, 11) is 0.358. The van der Waals surface area contributed by atoms with E-state index in [1.807, 2.05) is 26.0 Å². The second kappa shape index (κ2) is 6.92. The fourth-order valence-corrected chi connectivity index (χ4v) is 2.79. The molecular formula is C13H16N2O2S. The highest BCUT2D eigenvalue weighted by molar-refractivity contribution is 7.85. The first-order chi connectivity index (χ1) is 8.63. The monoisotopic (exact) mass is 264 g/mol. The molecule has 0 fully saturated rings. The SMILES string of the molecule is CCCS(=O)c1cc(/C(C#N)=N/OC)ccc1C. The second-order valence-corrected chi connectivity index (χ2v) is 5.30. The predicted molar refractivity (Wildman–Crippen MR) is 71.9 cm³/mol. The number of rotatable bonds is 5. The van der Waals surface area contributed by atoms with Crippen LogP contribution in [-0.4, -0.2) is 22.8 Å². The van der Waals surface area contributed by atoms with Gasteiger partial charge < -0.3 is 4.84 Å². The molecule has 0 radical (unpaired) electrons. The van der Waals surface area contributed by atoms with Crippen molar-refractivity contribution in [1.29, 1.82) is 5.26 Å². The maximum Gasteiger partial charge on any atom is 0.186 e. The summed E-state index contributed by atoms with van der Waals surface area (Å²) in [5.41, 5.74) is 1.77. The number of benzene rings is 1. The van der Waals surface area contributed by atoms with Crippen LogP contribution in [0.1, 0.15) is 24.5 Å². The lowest BCUT2D eigenvalue weighted by Crippen LogP contribution is -2.04. The lowest BCUT2D eigenvalue weighted by Gasteiger charge is -2.07. The number of oxime groups is 1. The lowest BCUT2D eigenvalue weighted by molar-refractivity contribution is 0.214. The smallest absolute Gasteiger partial charge is 0.186 e. The van der Waals surface area contributed by atoms with Gasteiger partial charge in [0.2, 0.25) is 0 Å². The molecule has 0 amide bonds. The molecule has 1 unspecified atom stereocenters. The van der Waals surface area contributed by atoms with Crippen LogP contribution < -0.4 is 0 Å². The van der Waals surface area contributed by atoms with Gasteiger partial charge in [0.25, 0.3) is 0 Å². The largest absolute Gasteiger partial charge is 0.398 e. The van der Waals surface area contributed by atoms with Gasteiger partial charge in [0.1, 0.15) is 13.2 Å². The van der Waals surface area contributed by atoms with Crippen LogP contribution in [0, 0.1) is 18.3 Å². The van der Waals surface area contributed by atoms with Crippen molar-refractivity contribution < 1.29 is 9.05 Å². The first kappa shape index (κ1) is 14.4. The van der Waals surface area contributed by atoms with E-state index in [-0.39, 0.29) is 5.71 Å². The molecule has 96 valence electrons. The zero-order chi connectivity index (χ0) is 13.5. The average Bonchev–Trinajstić information content (AvgIpc) is 2.37. The minimum atomic E-state index is -1.03. The molecule has 4 nitrogen and oxygen atoms in total. The first-order valence-electron chi connectivity index (χ1n) is 5.64. The molecule has 5 heteroatoms. The van der Waals surface area contributed by atoms with Crippen molar-refractivity contribution in [2.45, 2.75) is 25.2 Å². The highest BCUT2D eigenvalue weighted by Gasteiger charge is 2.11. The molecule has 0 spiro atoms. The number of nitriles is 1. The van der Waals surface area contributed by atoms with Crippen molar-refractivity contribution in [2.75, 3.05) is 12.9 Å². The third-order valence-corrected chi connectivity index (χ3v) is 4.09. The van der Waals surface area contributed by atoms with Gasteiger partial charge in [-0.1, -0.05) is 24.2 Å². The van der Waals surface area contributed by atoms with E-state index >= 15 is 0 Å². The summed E-state index contributed by atoms with van der Waals surface area (Å²) >= 11 is 0. The van der Waals surface area contributed by atoms with E-state index in [2.05, 4.69) is 9.99 Å². The Bertz CT molecular complexity index is 518.